The molecule has 1 N–H and O–H groups in total. The zero-order valence-electron chi connectivity index (χ0n) is 21.0. The van der Waals surface area contributed by atoms with E-state index >= 15 is 0 Å². The van der Waals surface area contributed by atoms with E-state index < -0.39 is 52.8 Å². The number of hydrogen-bond acceptors (Lipinski definition) is 9. The maximum atomic E-state index is 13.1. The topological polar surface area (TPSA) is 124 Å². The van der Waals surface area contributed by atoms with Crippen LogP contribution in [0.3, 0.4) is 0 Å². The molecule has 2 aliphatic heterocycles. The predicted octanol–water partition coefficient (Wildman–Crippen LogP) is 1.05. The molecule has 0 radical (unpaired) electrons. The van der Waals surface area contributed by atoms with Crippen LogP contribution in [0.4, 0.5) is 0 Å². The van der Waals surface area contributed by atoms with Crippen molar-refractivity contribution in [3.8, 4) is 11.5 Å². The van der Waals surface area contributed by atoms with E-state index in [1.54, 1.807) is 54.2 Å². The van der Waals surface area contributed by atoms with Crippen LogP contribution in [0.15, 0.2) is 42.6 Å². The number of hydrogen-bond donors (Lipinski definition) is 1. The number of nitrogens with zero attached hydrogens (tertiary/aromatic N) is 2. The molecule has 1 aromatic heterocycles. The molecule has 196 valence electrons. The second kappa shape index (κ2) is 10.3. The van der Waals surface area contributed by atoms with Gasteiger partial charge in [-0.15, -0.1) is 11.8 Å². The van der Waals surface area contributed by atoms with Crippen molar-refractivity contribution in [1.82, 2.24) is 10.2 Å². The van der Waals surface area contributed by atoms with Gasteiger partial charge in [-0.3, -0.25) is 9.59 Å². The zero-order valence-corrected chi connectivity index (χ0v) is 21.9. The molecule has 11 nitrogen and oxygen atoms in total. The first-order chi connectivity index (χ1) is 17.6. The number of thioether (sulfide) groups is 1. The van der Waals surface area contributed by atoms with Gasteiger partial charge in [0.1, 0.15) is 41.6 Å². The fraction of sp³-hybridized carbons (Fsp3) is 0.400. The van der Waals surface area contributed by atoms with E-state index in [9.17, 15) is 19.2 Å². The molecule has 0 spiro atoms. The zero-order chi connectivity index (χ0) is 26.9. The van der Waals surface area contributed by atoms with E-state index in [0.29, 0.717) is 17.2 Å². The Morgan fingerprint density at radius 2 is 1.73 bits per heavy atom. The number of amides is 2. The second-order valence-corrected chi connectivity index (χ2v) is 10.7. The molecule has 2 fully saturated rings. The van der Waals surface area contributed by atoms with E-state index in [1.807, 2.05) is 13.8 Å². The third-order valence-electron chi connectivity index (χ3n) is 6.26. The SMILES string of the molecule is COc1cccc(OC)c1C(=O)N[C@H]1C(=O)N2[C@H]1SC(C)(C)[C@H]2C(=O)OCOC(=O)c1cccc[n+]1C. The van der Waals surface area contributed by atoms with Crippen molar-refractivity contribution in [2.45, 2.75) is 36.1 Å². The molecule has 37 heavy (non-hydrogen) atoms. The molecule has 0 unspecified atom stereocenters. The lowest BCUT2D eigenvalue weighted by molar-refractivity contribution is -0.674. The summed E-state index contributed by atoms with van der Waals surface area (Å²) in [6, 6.07) is 8.20. The number of carbonyl (C=O) groups is 4. The summed E-state index contributed by atoms with van der Waals surface area (Å²) in [7, 11) is 4.56. The number of carbonyl (C=O) groups excluding carboxylic acids is 4. The van der Waals surface area contributed by atoms with E-state index in [0.717, 1.165) is 0 Å². The second-order valence-electron chi connectivity index (χ2n) is 8.96. The van der Waals surface area contributed by atoms with Crippen LogP contribution in [0.25, 0.3) is 0 Å². The molecule has 1 aromatic carbocycles. The minimum atomic E-state index is -0.921. The smallest absolute Gasteiger partial charge is 0.406 e. The number of fused-ring (bicyclic) bond motifs is 1. The molecule has 3 heterocycles. The van der Waals surface area contributed by atoms with Crippen LogP contribution < -0.4 is 19.4 Å². The summed E-state index contributed by atoms with van der Waals surface area (Å²) in [6.45, 7) is 3.03. The van der Waals surface area contributed by atoms with E-state index in [-0.39, 0.29) is 5.56 Å². The summed E-state index contributed by atoms with van der Waals surface area (Å²) >= 11 is 1.38. The molecule has 4 rings (SSSR count). The van der Waals surface area contributed by atoms with E-state index in [4.69, 9.17) is 18.9 Å². The first kappa shape index (κ1) is 26.3. The number of β-lactam (4-membered cyclic amide) rings is 1. The van der Waals surface area contributed by atoms with Crippen molar-refractivity contribution in [1.29, 1.82) is 0 Å². The Bertz CT molecular complexity index is 1230. The summed E-state index contributed by atoms with van der Waals surface area (Å²) in [6.07, 6.45) is 1.69. The normalized spacial score (nSPS) is 21.4. The van der Waals surface area contributed by atoms with Crippen LogP contribution >= 0.6 is 11.8 Å². The van der Waals surface area contributed by atoms with Crippen molar-refractivity contribution in [3.63, 3.8) is 0 Å². The van der Waals surface area contributed by atoms with Gasteiger partial charge in [0.2, 0.25) is 12.7 Å². The van der Waals surface area contributed by atoms with Crippen LogP contribution in [0.2, 0.25) is 0 Å². The summed E-state index contributed by atoms with van der Waals surface area (Å²) in [4.78, 5) is 52.8. The highest BCUT2D eigenvalue weighted by Gasteiger charge is 2.64. The third kappa shape index (κ3) is 4.80. The first-order valence-corrected chi connectivity index (χ1v) is 12.3. The van der Waals surface area contributed by atoms with Crippen molar-refractivity contribution < 1.29 is 42.7 Å². The Hall–Kier alpha value is -3.80. The Morgan fingerprint density at radius 1 is 1.05 bits per heavy atom. The summed E-state index contributed by atoms with van der Waals surface area (Å²) in [5, 5.41) is 2.27. The average molecular weight is 531 g/mol. The number of aromatic nitrogens is 1. The third-order valence-corrected chi connectivity index (χ3v) is 7.83. The summed E-state index contributed by atoms with van der Waals surface area (Å²) in [5.74, 6) is -1.68. The quantitative estimate of drug-likeness (QED) is 0.231. The average Bonchev–Trinajstić information content (AvgIpc) is 3.14. The van der Waals surface area contributed by atoms with Crippen molar-refractivity contribution >= 4 is 35.5 Å². The largest absolute Gasteiger partial charge is 0.496 e. The monoisotopic (exact) mass is 530 g/mol. The maximum Gasteiger partial charge on any atom is 0.406 e. The number of nitrogens with one attached hydrogen (secondary N) is 1. The molecule has 0 bridgehead atoms. The Kier molecular flexibility index (Phi) is 7.30. The Morgan fingerprint density at radius 3 is 2.35 bits per heavy atom. The summed E-state index contributed by atoms with van der Waals surface area (Å²) in [5.41, 5.74) is 0.462. The molecule has 2 aliphatic rings. The molecule has 3 atom stereocenters. The summed E-state index contributed by atoms with van der Waals surface area (Å²) < 4.78 is 21.8. The van der Waals surface area contributed by atoms with Crippen LogP contribution in [0.5, 0.6) is 11.5 Å². The molecular weight excluding hydrogens is 502 g/mol. The van der Waals surface area contributed by atoms with Gasteiger partial charge in [-0.25, -0.2) is 9.59 Å². The molecule has 2 amide bonds. The highest BCUT2D eigenvalue weighted by atomic mass is 32.2. The molecule has 2 saturated heterocycles. The number of methoxy groups -OCH3 is 2. The number of rotatable bonds is 8. The van der Waals surface area contributed by atoms with Crippen molar-refractivity contribution in [2.24, 2.45) is 7.05 Å². The van der Waals surface area contributed by atoms with Gasteiger partial charge in [-0.1, -0.05) is 6.07 Å². The van der Waals surface area contributed by atoms with E-state index in [1.165, 1.54) is 30.9 Å². The standard InChI is InChI=1S/C25H27N3O8S/c1-25(2)19(24(32)36-13-35-23(31)14-9-6-7-12-27(14)3)28-21(30)18(22(28)37-25)26-20(29)17-15(33-4)10-8-11-16(17)34-5/h6-12,18-19,22H,13H2,1-5H3/p+1/t18-,19+,22-/m0/s1. The van der Waals surface area contributed by atoms with Crippen LogP contribution in [-0.4, -0.2) is 71.9 Å². The number of esters is 2. The van der Waals surface area contributed by atoms with Gasteiger partial charge in [-0.2, -0.15) is 4.57 Å². The fourth-order valence-electron chi connectivity index (χ4n) is 4.44. The lowest BCUT2D eigenvalue weighted by Crippen LogP contribution is -2.70. The number of benzene rings is 1. The van der Waals surface area contributed by atoms with E-state index in [2.05, 4.69) is 5.32 Å². The number of ether oxygens (including phenoxy) is 4. The van der Waals surface area contributed by atoms with Gasteiger partial charge < -0.3 is 29.2 Å². The van der Waals surface area contributed by atoms with Crippen LogP contribution in [-0.2, 0) is 26.1 Å². The van der Waals surface area contributed by atoms with Crippen LogP contribution in [0, 0.1) is 0 Å². The highest BCUT2D eigenvalue weighted by Crippen LogP contribution is 2.51. The van der Waals surface area contributed by atoms with Crippen molar-refractivity contribution in [2.75, 3.05) is 21.0 Å². The van der Waals surface area contributed by atoms with Gasteiger partial charge in [0.25, 0.3) is 11.6 Å². The molecule has 12 heteroatoms. The van der Waals surface area contributed by atoms with Gasteiger partial charge in [-0.05, 0) is 32.0 Å². The lowest BCUT2D eigenvalue weighted by atomic mass is 9.95. The predicted molar refractivity (Wildman–Crippen MR) is 131 cm³/mol. The minimum Gasteiger partial charge on any atom is -0.496 e. The Labute approximate surface area is 218 Å². The first-order valence-electron chi connectivity index (χ1n) is 11.4. The Balaban J connectivity index is 1.40. The van der Waals surface area contributed by atoms with Crippen LogP contribution in [0.1, 0.15) is 34.7 Å². The molecule has 2 aromatic rings. The number of aryl methyl sites for hydroxylation is 1. The van der Waals surface area contributed by atoms with Gasteiger partial charge in [0, 0.05) is 16.9 Å². The fourth-order valence-corrected chi connectivity index (χ4v) is 6.06. The van der Waals surface area contributed by atoms with Gasteiger partial charge in [0.05, 0.1) is 14.2 Å². The maximum absolute atomic E-state index is 13.1. The minimum absolute atomic E-state index is 0.172. The highest BCUT2D eigenvalue weighted by molar-refractivity contribution is 8.01. The van der Waals surface area contributed by atoms with Gasteiger partial charge >= 0.3 is 11.9 Å². The molecule has 0 aliphatic carbocycles. The molecule has 0 saturated carbocycles. The van der Waals surface area contributed by atoms with Gasteiger partial charge in [0.15, 0.2) is 6.20 Å². The lowest BCUT2D eigenvalue weighted by Gasteiger charge is -2.43. The number of pyridine rings is 1. The van der Waals surface area contributed by atoms with Crippen molar-refractivity contribution in [3.05, 3.63) is 53.9 Å². The molecular formula is C25H28N3O8S+.